The predicted octanol–water partition coefficient (Wildman–Crippen LogP) is 2.61. The number of nitrogens with two attached hydrogens (primary N) is 1. The number of aromatic nitrogens is 2. The minimum atomic E-state index is 0.791. The number of rotatable bonds is 1. The van der Waals surface area contributed by atoms with Gasteiger partial charge in [-0.1, -0.05) is 12.1 Å². The Morgan fingerprint density at radius 2 is 1.81 bits per heavy atom. The van der Waals surface area contributed by atoms with E-state index in [1.165, 1.54) is 5.39 Å². The van der Waals surface area contributed by atoms with Crippen LogP contribution in [0.3, 0.4) is 0 Å². The van der Waals surface area contributed by atoms with Crippen molar-refractivity contribution >= 4 is 16.5 Å². The maximum absolute atomic E-state index is 5.74. The lowest BCUT2D eigenvalue weighted by atomic mass is 10.1. The lowest BCUT2D eigenvalue weighted by Crippen LogP contribution is -1.93. The van der Waals surface area contributed by atoms with E-state index in [1.54, 1.807) is 6.20 Å². The molecule has 0 aliphatic heterocycles. The highest BCUT2D eigenvalue weighted by Crippen LogP contribution is 2.20. The quantitative estimate of drug-likeness (QED) is 0.626. The molecule has 16 heavy (non-hydrogen) atoms. The summed E-state index contributed by atoms with van der Waals surface area (Å²) in [6, 6.07) is 14.0. The molecule has 0 bridgehead atoms. The largest absolute Gasteiger partial charge is 0.399 e. The van der Waals surface area contributed by atoms with E-state index in [2.05, 4.69) is 17.2 Å². The molecule has 2 N–H and O–H groups in total. The molecule has 3 aromatic rings. The van der Waals surface area contributed by atoms with Crippen LogP contribution in [-0.4, -0.2) is 9.78 Å². The molecule has 3 rings (SSSR count). The SMILES string of the molecule is Nc1ccc2cc(-n3cccn3)ccc2c1. The predicted molar refractivity (Wildman–Crippen MR) is 65.5 cm³/mol. The van der Waals surface area contributed by atoms with Gasteiger partial charge in [-0.2, -0.15) is 5.10 Å². The first-order valence-electron chi connectivity index (χ1n) is 5.12. The van der Waals surface area contributed by atoms with Gasteiger partial charge in [-0.05, 0) is 41.1 Å². The van der Waals surface area contributed by atoms with Gasteiger partial charge in [-0.25, -0.2) is 4.68 Å². The highest BCUT2D eigenvalue weighted by atomic mass is 15.3. The van der Waals surface area contributed by atoms with Crippen molar-refractivity contribution in [2.45, 2.75) is 0 Å². The fraction of sp³-hybridized carbons (Fsp3) is 0. The number of hydrogen-bond donors (Lipinski definition) is 1. The summed E-state index contributed by atoms with van der Waals surface area (Å²) < 4.78 is 1.84. The van der Waals surface area contributed by atoms with Crippen LogP contribution >= 0.6 is 0 Å². The number of benzene rings is 2. The van der Waals surface area contributed by atoms with Crippen LogP contribution in [0.1, 0.15) is 0 Å². The maximum Gasteiger partial charge on any atom is 0.0651 e. The van der Waals surface area contributed by atoms with E-state index < -0.39 is 0 Å². The van der Waals surface area contributed by atoms with Gasteiger partial charge in [0.25, 0.3) is 0 Å². The molecule has 2 aromatic carbocycles. The monoisotopic (exact) mass is 209 g/mol. The molecule has 0 aliphatic carbocycles. The summed E-state index contributed by atoms with van der Waals surface area (Å²) in [5, 5.41) is 6.52. The van der Waals surface area contributed by atoms with Gasteiger partial charge in [-0.3, -0.25) is 0 Å². The standard InChI is InChI=1S/C13H11N3/c14-12-4-2-11-9-13(5-3-10(11)8-12)16-7-1-6-15-16/h1-9H,14H2. The third-order valence-electron chi connectivity index (χ3n) is 2.62. The average molecular weight is 209 g/mol. The lowest BCUT2D eigenvalue weighted by molar-refractivity contribution is 0.882. The van der Waals surface area contributed by atoms with Crippen molar-refractivity contribution in [3.05, 3.63) is 54.9 Å². The van der Waals surface area contributed by atoms with E-state index >= 15 is 0 Å². The zero-order valence-electron chi connectivity index (χ0n) is 8.67. The summed E-state index contributed by atoms with van der Waals surface area (Å²) in [6.45, 7) is 0. The number of fused-ring (bicyclic) bond motifs is 1. The van der Waals surface area contributed by atoms with Crippen LogP contribution < -0.4 is 5.73 Å². The third-order valence-corrected chi connectivity index (χ3v) is 2.62. The number of anilines is 1. The van der Waals surface area contributed by atoms with Gasteiger partial charge in [0.2, 0.25) is 0 Å². The van der Waals surface area contributed by atoms with Gasteiger partial charge in [0.1, 0.15) is 0 Å². The highest BCUT2D eigenvalue weighted by Gasteiger charge is 1.99. The van der Waals surface area contributed by atoms with E-state index in [9.17, 15) is 0 Å². The Labute approximate surface area is 93.1 Å². The van der Waals surface area contributed by atoms with Crippen molar-refractivity contribution in [3.63, 3.8) is 0 Å². The van der Waals surface area contributed by atoms with Crippen molar-refractivity contribution in [1.29, 1.82) is 0 Å². The first kappa shape index (κ1) is 8.97. The molecule has 0 saturated carbocycles. The van der Waals surface area contributed by atoms with Gasteiger partial charge < -0.3 is 5.73 Å². The van der Waals surface area contributed by atoms with Crippen LogP contribution in [0.25, 0.3) is 16.5 Å². The molecule has 0 amide bonds. The van der Waals surface area contributed by atoms with E-state index in [4.69, 9.17) is 5.73 Å². The first-order valence-corrected chi connectivity index (χ1v) is 5.12. The Bertz CT molecular complexity index is 627. The molecular weight excluding hydrogens is 198 g/mol. The second kappa shape index (κ2) is 3.38. The van der Waals surface area contributed by atoms with E-state index in [1.807, 2.05) is 41.2 Å². The summed E-state index contributed by atoms with van der Waals surface area (Å²) in [7, 11) is 0. The number of hydrogen-bond acceptors (Lipinski definition) is 2. The molecule has 3 nitrogen and oxygen atoms in total. The molecule has 0 radical (unpaired) electrons. The molecule has 1 aromatic heterocycles. The lowest BCUT2D eigenvalue weighted by Gasteiger charge is -2.04. The second-order valence-electron chi connectivity index (χ2n) is 3.74. The number of nitrogen functional groups attached to an aromatic ring is 1. The van der Waals surface area contributed by atoms with Crippen LogP contribution in [-0.2, 0) is 0 Å². The molecule has 0 atom stereocenters. The molecule has 3 heteroatoms. The highest BCUT2D eigenvalue weighted by molar-refractivity contribution is 5.87. The van der Waals surface area contributed by atoms with E-state index in [0.717, 1.165) is 16.8 Å². The molecule has 0 fully saturated rings. The topological polar surface area (TPSA) is 43.8 Å². The van der Waals surface area contributed by atoms with Crippen molar-refractivity contribution in [2.75, 3.05) is 5.73 Å². The van der Waals surface area contributed by atoms with Crippen molar-refractivity contribution in [1.82, 2.24) is 9.78 Å². The van der Waals surface area contributed by atoms with Gasteiger partial charge in [0.15, 0.2) is 0 Å². The molecule has 0 unspecified atom stereocenters. The van der Waals surface area contributed by atoms with Crippen LogP contribution in [0.2, 0.25) is 0 Å². The second-order valence-corrected chi connectivity index (χ2v) is 3.74. The summed E-state index contributed by atoms with van der Waals surface area (Å²) in [5.74, 6) is 0. The summed E-state index contributed by atoms with van der Waals surface area (Å²) in [5.41, 5.74) is 7.59. The Kier molecular flexibility index (Phi) is 1.90. The van der Waals surface area contributed by atoms with E-state index in [-0.39, 0.29) is 0 Å². The molecule has 0 spiro atoms. The van der Waals surface area contributed by atoms with Crippen LogP contribution in [0, 0.1) is 0 Å². The minimum absolute atomic E-state index is 0.791. The molecule has 0 saturated heterocycles. The third kappa shape index (κ3) is 1.42. The maximum atomic E-state index is 5.74. The Morgan fingerprint density at radius 3 is 2.62 bits per heavy atom. The number of nitrogens with zero attached hydrogens (tertiary/aromatic N) is 2. The summed E-state index contributed by atoms with van der Waals surface area (Å²) >= 11 is 0. The van der Waals surface area contributed by atoms with Gasteiger partial charge >= 0.3 is 0 Å². The van der Waals surface area contributed by atoms with E-state index in [0.29, 0.717) is 0 Å². The van der Waals surface area contributed by atoms with Gasteiger partial charge in [-0.15, -0.1) is 0 Å². The van der Waals surface area contributed by atoms with Gasteiger partial charge in [0.05, 0.1) is 5.69 Å². The fourth-order valence-electron chi connectivity index (χ4n) is 1.82. The Hall–Kier alpha value is -2.29. The first-order chi connectivity index (χ1) is 7.83. The zero-order valence-corrected chi connectivity index (χ0v) is 8.67. The van der Waals surface area contributed by atoms with Crippen LogP contribution in [0.5, 0.6) is 0 Å². The average Bonchev–Trinajstić information content (AvgIpc) is 2.82. The smallest absolute Gasteiger partial charge is 0.0651 e. The van der Waals surface area contributed by atoms with Crippen LogP contribution in [0.15, 0.2) is 54.9 Å². The molecule has 78 valence electrons. The zero-order chi connectivity index (χ0) is 11.0. The molecule has 0 aliphatic rings. The fourth-order valence-corrected chi connectivity index (χ4v) is 1.82. The Morgan fingerprint density at radius 1 is 1.00 bits per heavy atom. The van der Waals surface area contributed by atoms with Gasteiger partial charge in [0, 0.05) is 18.1 Å². The molecular formula is C13H11N3. The summed E-state index contributed by atoms with van der Waals surface area (Å²) in [4.78, 5) is 0. The van der Waals surface area contributed by atoms with Crippen LogP contribution in [0.4, 0.5) is 5.69 Å². The Balaban J connectivity index is 2.20. The van der Waals surface area contributed by atoms with Crippen molar-refractivity contribution in [3.8, 4) is 5.69 Å². The molecule has 1 heterocycles. The van der Waals surface area contributed by atoms with Crippen molar-refractivity contribution < 1.29 is 0 Å². The summed E-state index contributed by atoms with van der Waals surface area (Å²) in [6.07, 6.45) is 3.70. The normalized spacial score (nSPS) is 10.8. The van der Waals surface area contributed by atoms with Crippen molar-refractivity contribution in [2.24, 2.45) is 0 Å². The minimum Gasteiger partial charge on any atom is -0.399 e.